The molecule has 0 radical (unpaired) electrons. The van der Waals surface area contributed by atoms with Gasteiger partial charge in [-0.3, -0.25) is 0 Å². The molecule has 0 N–H and O–H groups in total. The molecule has 1 aromatic carbocycles. The average Bonchev–Trinajstić information content (AvgIpc) is 3.11. The molecule has 82 valence electrons. The topological polar surface area (TPSA) is 12.5 Å². The number of rotatable bonds is 5. The summed E-state index contributed by atoms with van der Waals surface area (Å²) < 4.78 is 5.39. The van der Waals surface area contributed by atoms with Gasteiger partial charge in [-0.25, -0.2) is 0 Å². The van der Waals surface area contributed by atoms with E-state index >= 15 is 0 Å². The molecule has 0 aliphatic carbocycles. The summed E-state index contributed by atoms with van der Waals surface area (Å²) in [4.78, 5) is 0. The molecule has 2 rings (SSSR count). The molecule has 1 aliphatic rings. The molecule has 1 atom stereocenters. The van der Waals surface area contributed by atoms with Gasteiger partial charge in [-0.2, -0.15) is 0 Å². The molecular formula is C14H20O. The van der Waals surface area contributed by atoms with Crippen molar-refractivity contribution in [2.45, 2.75) is 44.6 Å². The first-order valence-electron chi connectivity index (χ1n) is 5.98. The van der Waals surface area contributed by atoms with Crippen LogP contribution in [0, 0.1) is 0 Å². The summed E-state index contributed by atoms with van der Waals surface area (Å²) in [6, 6.07) is 10.9. The summed E-state index contributed by atoms with van der Waals surface area (Å²) in [6.45, 7) is 5.55. The Kier molecular flexibility index (Phi) is 3.11. The van der Waals surface area contributed by atoms with Crippen LogP contribution in [0.5, 0.6) is 0 Å². The van der Waals surface area contributed by atoms with E-state index in [4.69, 9.17) is 4.74 Å². The number of epoxide rings is 1. The summed E-state index contributed by atoms with van der Waals surface area (Å²) in [5, 5.41) is 0. The van der Waals surface area contributed by atoms with Gasteiger partial charge in [-0.15, -0.1) is 0 Å². The van der Waals surface area contributed by atoms with Gasteiger partial charge in [0.05, 0.1) is 12.7 Å². The Morgan fingerprint density at radius 2 is 1.80 bits per heavy atom. The minimum atomic E-state index is 0.336. The lowest BCUT2D eigenvalue weighted by Crippen LogP contribution is -2.26. The zero-order valence-electron chi connectivity index (χ0n) is 9.70. The molecule has 1 aromatic rings. The first kappa shape index (κ1) is 10.7. The third kappa shape index (κ3) is 2.23. The highest BCUT2D eigenvalue weighted by molar-refractivity contribution is 5.25. The molecule has 1 saturated heterocycles. The maximum Gasteiger partial charge on any atom is 0.0818 e. The van der Waals surface area contributed by atoms with E-state index in [9.17, 15) is 0 Å². The quantitative estimate of drug-likeness (QED) is 0.668. The maximum absolute atomic E-state index is 5.39. The summed E-state index contributed by atoms with van der Waals surface area (Å²) >= 11 is 0. The summed E-state index contributed by atoms with van der Waals surface area (Å²) in [5.41, 5.74) is 1.81. The third-order valence-electron chi connectivity index (χ3n) is 3.76. The smallest absolute Gasteiger partial charge is 0.0818 e. The van der Waals surface area contributed by atoms with E-state index in [2.05, 4.69) is 44.2 Å². The van der Waals surface area contributed by atoms with Crippen LogP contribution >= 0.6 is 0 Å². The number of hydrogen-bond acceptors (Lipinski definition) is 1. The van der Waals surface area contributed by atoms with Crippen LogP contribution < -0.4 is 0 Å². The van der Waals surface area contributed by atoms with Gasteiger partial charge in [-0.1, -0.05) is 44.2 Å². The van der Waals surface area contributed by atoms with Gasteiger partial charge in [0.25, 0.3) is 0 Å². The van der Waals surface area contributed by atoms with E-state index in [1.807, 2.05) is 0 Å². The molecule has 0 amide bonds. The highest BCUT2D eigenvalue weighted by Crippen LogP contribution is 2.39. The fourth-order valence-corrected chi connectivity index (χ4v) is 2.48. The van der Waals surface area contributed by atoms with Crippen LogP contribution in [0.25, 0.3) is 0 Å². The fraction of sp³-hybridized carbons (Fsp3) is 0.571. The molecule has 1 aliphatic heterocycles. The second-order valence-corrected chi connectivity index (χ2v) is 4.51. The summed E-state index contributed by atoms with van der Waals surface area (Å²) in [7, 11) is 0. The van der Waals surface area contributed by atoms with E-state index in [1.54, 1.807) is 0 Å². The lowest BCUT2D eigenvalue weighted by molar-refractivity contribution is 0.299. The van der Waals surface area contributed by atoms with Gasteiger partial charge in [0, 0.05) is 0 Å². The molecule has 1 nitrogen and oxygen atoms in total. The summed E-state index contributed by atoms with van der Waals surface area (Å²) in [5.74, 6) is 0. The van der Waals surface area contributed by atoms with Crippen molar-refractivity contribution in [1.82, 2.24) is 0 Å². The molecule has 1 unspecified atom stereocenters. The fourth-order valence-electron chi connectivity index (χ4n) is 2.48. The molecule has 0 saturated carbocycles. The minimum Gasteiger partial charge on any atom is -0.373 e. The zero-order chi connectivity index (χ0) is 10.7. The molecular weight excluding hydrogens is 184 g/mol. The van der Waals surface area contributed by atoms with Gasteiger partial charge in [0.15, 0.2) is 0 Å². The first-order chi connectivity index (χ1) is 7.30. The Morgan fingerprint density at radius 3 is 2.27 bits per heavy atom. The first-order valence-corrected chi connectivity index (χ1v) is 5.98. The molecule has 1 heteroatoms. The van der Waals surface area contributed by atoms with Crippen LogP contribution in [-0.2, 0) is 10.2 Å². The van der Waals surface area contributed by atoms with Crippen LogP contribution in [0.2, 0.25) is 0 Å². The Labute approximate surface area is 92.5 Å². The van der Waals surface area contributed by atoms with Crippen molar-refractivity contribution in [2.75, 3.05) is 6.61 Å². The van der Waals surface area contributed by atoms with Crippen LogP contribution in [0.3, 0.4) is 0 Å². The number of ether oxygens (including phenoxy) is 1. The predicted octanol–water partition coefficient (Wildman–Crippen LogP) is 3.53. The number of benzene rings is 1. The van der Waals surface area contributed by atoms with E-state index in [0.29, 0.717) is 11.5 Å². The Hall–Kier alpha value is -0.820. The van der Waals surface area contributed by atoms with Gasteiger partial charge in [0.2, 0.25) is 0 Å². The number of hydrogen-bond donors (Lipinski definition) is 0. The second-order valence-electron chi connectivity index (χ2n) is 4.51. The highest BCUT2D eigenvalue weighted by Gasteiger charge is 2.36. The van der Waals surface area contributed by atoms with Gasteiger partial charge >= 0.3 is 0 Å². The van der Waals surface area contributed by atoms with Crippen LogP contribution in [0.4, 0.5) is 0 Å². The normalized spacial score (nSPS) is 20.3. The van der Waals surface area contributed by atoms with E-state index in [1.165, 1.54) is 24.8 Å². The molecule has 0 aromatic heterocycles. The maximum atomic E-state index is 5.39. The monoisotopic (exact) mass is 204 g/mol. The van der Waals surface area contributed by atoms with Crippen molar-refractivity contribution >= 4 is 0 Å². The van der Waals surface area contributed by atoms with Crippen molar-refractivity contribution in [3.8, 4) is 0 Å². The second kappa shape index (κ2) is 4.36. The highest BCUT2D eigenvalue weighted by atomic mass is 16.6. The molecule has 1 heterocycles. The van der Waals surface area contributed by atoms with Crippen molar-refractivity contribution in [3.05, 3.63) is 35.9 Å². The van der Waals surface area contributed by atoms with Crippen LogP contribution in [0.1, 0.15) is 38.7 Å². The van der Waals surface area contributed by atoms with Crippen molar-refractivity contribution < 1.29 is 4.74 Å². The largest absolute Gasteiger partial charge is 0.373 e. The van der Waals surface area contributed by atoms with Crippen LogP contribution in [-0.4, -0.2) is 12.7 Å². The average molecular weight is 204 g/mol. The third-order valence-corrected chi connectivity index (χ3v) is 3.76. The van der Waals surface area contributed by atoms with Gasteiger partial charge < -0.3 is 4.74 Å². The SMILES string of the molecule is CCC(CC)(CC1CO1)c1ccccc1. The van der Waals surface area contributed by atoms with Gasteiger partial charge in [0.1, 0.15) is 0 Å². The van der Waals surface area contributed by atoms with Gasteiger partial charge in [-0.05, 0) is 30.2 Å². The van der Waals surface area contributed by atoms with E-state index in [0.717, 1.165) is 6.61 Å². The lowest BCUT2D eigenvalue weighted by Gasteiger charge is -2.32. The zero-order valence-corrected chi connectivity index (χ0v) is 9.70. The Morgan fingerprint density at radius 1 is 1.20 bits per heavy atom. The van der Waals surface area contributed by atoms with Crippen molar-refractivity contribution in [1.29, 1.82) is 0 Å². The minimum absolute atomic E-state index is 0.336. The Balaban J connectivity index is 2.23. The lowest BCUT2D eigenvalue weighted by atomic mass is 9.72. The van der Waals surface area contributed by atoms with E-state index in [-0.39, 0.29) is 0 Å². The standard InChI is InChI=1S/C14H20O/c1-3-14(4-2,10-13-11-15-13)12-8-6-5-7-9-12/h5-9,13H,3-4,10-11H2,1-2H3. The Bertz CT molecular complexity index is 296. The molecule has 0 bridgehead atoms. The summed E-state index contributed by atoms with van der Waals surface area (Å²) in [6.07, 6.45) is 4.11. The molecule has 1 fully saturated rings. The molecule has 15 heavy (non-hydrogen) atoms. The van der Waals surface area contributed by atoms with Crippen molar-refractivity contribution in [3.63, 3.8) is 0 Å². The van der Waals surface area contributed by atoms with Crippen molar-refractivity contribution in [2.24, 2.45) is 0 Å². The van der Waals surface area contributed by atoms with E-state index < -0.39 is 0 Å². The molecule has 0 spiro atoms. The van der Waals surface area contributed by atoms with Crippen LogP contribution in [0.15, 0.2) is 30.3 Å². The predicted molar refractivity (Wildman–Crippen MR) is 63.1 cm³/mol.